The Hall–Kier alpha value is -4.00. The molecule has 0 unspecified atom stereocenters. The first kappa shape index (κ1) is 26.1. The van der Waals surface area contributed by atoms with E-state index in [0.717, 1.165) is 5.56 Å². The average molecular weight is 543 g/mol. The van der Waals surface area contributed by atoms with Crippen LogP contribution in [-0.4, -0.2) is 31.8 Å². The topological polar surface area (TPSA) is 180 Å². The van der Waals surface area contributed by atoms with Crippen LogP contribution < -0.4 is 21.6 Å². The number of nitrogens with two attached hydrogens (primary N) is 2. The lowest BCUT2D eigenvalue weighted by Crippen LogP contribution is -2.18. The van der Waals surface area contributed by atoms with Gasteiger partial charge < -0.3 is 20.0 Å². The van der Waals surface area contributed by atoms with Crippen molar-refractivity contribution in [3.8, 4) is 11.1 Å². The molecule has 4 aromatic rings. The smallest absolute Gasteiger partial charge is 0.257 e. The van der Waals surface area contributed by atoms with Gasteiger partial charge in [0, 0.05) is 30.6 Å². The standard InChI is InChI=1S/C24H23ClN6O5S/c1-12-6-16(13(2)30-18-4-5-19(25)31-24(18)37(27,33)34)23-17(7-12)21(32)20(15-10-29-35-11-15)22(36-23)14(8-26)9-28-3/h4-11,13,30H,26H2,1-3H3,(H2,27,33,34)/t13-/m1/s1. The molecule has 11 nitrogen and oxygen atoms in total. The molecule has 13 heteroatoms. The predicted molar refractivity (Wildman–Crippen MR) is 142 cm³/mol. The summed E-state index contributed by atoms with van der Waals surface area (Å²) in [6.45, 7) is 3.60. The zero-order valence-electron chi connectivity index (χ0n) is 20.0. The van der Waals surface area contributed by atoms with Gasteiger partial charge in [-0.25, -0.2) is 18.5 Å². The molecule has 0 aliphatic carbocycles. The van der Waals surface area contributed by atoms with Crippen LogP contribution in [0.15, 0.2) is 66.7 Å². The van der Waals surface area contributed by atoms with Gasteiger partial charge in [0.15, 0.2) is 5.03 Å². The first-order valence-corrected chi connectivity index (χ1v) is 12.8. The first-order chi connectivity index (χ1) is 17.5. The van der Waals surface area contributed by atoms with Crippen LogP contribution >= 0.6 is 11.6 Å². The number of sulfonamides is 1. The molecule has 0 aliphatic rings. The lowest BCUT2D eigenvalue weighted by molar-refractivity contribution is 0.420. The number of hydrogen-bond acceptors (Lipinski definition) is 10. The highest BCUT2D eigenvalue weighted by Crippen LogP contribution is 2.34. The van der Waals surface area contributed by atoms with Crippen LogP contribution in [0.25, 0.3) is 27.7 Å². The van der Waals surface area contributed by atoms with Crippen LogP contribution in [0.2, 0.25) is 5.15 Å². The van der Waals surface area contributed by atoms with Crippen molar-refractivity contribution in [3.05, 3.63) is 75.2 Å². The number of aryl methyl sites for hydroxylation is 1. The predicted octanol–water partition coefficient (Wildman–Crippen LogP) is 3.63. The van der Waals surface area contributed by atoms with E-state index in [0.29, 0.717) is 22.1 Å². The number of nitrogens with one attached hydrogen (secondary N) is 1. The van der Waals surface area contributed by atoms with Crippen molar-refractivity contribution < 1.29 is 17.4 Å². The summed E-state index contributed by atoms with van der Waals surface area (Å²) in [6.07, 6.45) is 5.49. The number of benzene rings is 1. The summed E-state index contributed by atoms with van der Waals surface area (Å²) in [5.74, 6) is 0.171. The second-order valence-corrected chi connectivity index (χ2v) is 10.1. The SMILES string of the molecule is CN=CC(=CN)c1oc2c([C@@H](C)Nc3ccc(Cl)nc3S(N)(=O)=O)cc(C)cc2c(=O)c1-c1cnoc1. The maximum Gasteiger partial charge on any atom is 0.257 e. The number of pyridine rings is 1. The fourth-order valence-electron chi connectivity index (χ4n) is 3.96. The molecule has 0 fully saturated rings. The van der Waals surface area contributed by atoms with Gasteiger partial charge in [0.1, 0.15) is 22.8 Å². The molecule has 1 aromatic carbocycles. The molecule has 3 heterocycles. The lowest BCUT2D eigenvalue weighted by atomic mass is 9.97. The first-order valence-electron chi connectivity index (χ1n) is 10.9. The van der Waals surface area contributed by atoms with E-state index in [1.165, 1.54) is 37.0 Å². The number of fused-ring (bicyclic) bond motifs is 1. The quantitative estimate of drug-likeness (QED) is 0.232. The summed E-state index contributed by atoms with van der Waals surface area (Å²) in [4.78, 5) is 21.7. The second kappa shape index (κ2) is 10.2. The fourth-order valence-corrected chi connectivity index (χ4v) is 4.82. The number of nitrogens with zero attached hydrogens (tertiary/aromatic N) is 3. The molecule has 5 N–H and O–H groups in total. The summed E-state index contributed by atoms with van der Waals surface area (Å²) in [6, 6.07) is 5.87. The summed E-state index contributed by atoms with van der Waals surface area (Å²) in [7, 11) is -2.62. The minimum Gasteiger partial charge on any atom is -0.455 e. The number of rotatable bonds is 7. The number of allylic oxidation sites excluding steroid dienone is 1. The number of anilines is 1. The number of halogens is 1. The Labute approximate surface area is 216 Å². The summed E-state index contributed by atoms with van der Waals surface area (Å²) in [5, 5.41) is 12.0. The molecule has 0 amide bonds. The van der Waals surface area contributed by atoms with Crippen LogP contribution in [0.3, 0.4) is 0 Å². The van der Waals surface area contributed by atoms with E-state index >= 15 is 0 Å². The Morgan fingerprint density at radius 3 is 2.68 bits per heavy atom. The third kappa shape index (κ3) is 5.12. The summed E-state index contributed by atoms with van der Waals surface area (Å²) >= 11 is 5.89. The van der Waals surface area contributed by atoms with Crippen molar-refractivity contribution >= 4 is 50.1 Å². The van der Waals surface area contributed by atoms with Crippen molar-refractivity contribution in [3.63, 3.8) is 0 Å². The molecule has 1 atom stereocenters. The van der Waals surface area contributed by atoms with Crippen molar-refractivity contribution in [2.45, 2.75) is 24.9 Å². The Morgan fingerprint density at radius 2 is 2.05 bits per heavy atom. The minimum atomic E-state index is -4.18. The average Bonchev–Trinajstić information content (AvgIpc) is 3.37. The molecule has 0 saturated heterocycles. The van der Waals surface area contributed by atoms with Gasteiger partial charge in [-0.3, -0.25) is 9.79 Å². The van der Waals surface area contributed by atoms with Gasteiger partial charge in [0.25, 0.3) is 10.0 Å². The highest BCUT2D eigenvalue weighted by Gasteiger charge is 2.24. The van der Waals surface area contributed by atoms with Gasteiger partial charge in [-0.2, -0.15) is 0 Å². The largest absolute Gasteiger partial charge is 0.455 e. The molecule has 0 radical (unpaired) electrons. The molecular weight excluding hydrogens is 520 g/mol. The van der Waals surface area contributed by atoms with E-state index < -0.39 is 21.1 Å². The van der Waals surface area contributed by atoms with Crippen molar-refractivity contribution in [1.82, 2.24) is 10.1 Å². The number of hydrogen-bond donors (Lipinski definition) is 3. The van der Waals surface area contributed by atoms with Crippen molar-refractivity contribution in [2.75, 3.05) is 12.4 Å². The van der Waals surface area contributed by atoms with E-state index in [2.05, 4.69) is 20.4 Å². The van der Waals surface area contributed by atoms with Gasteiger partial charge in [-0.1, -0.05) is 22.8 Å². The fraction of sp³-hybridized carbons (Fsp3) is 0.167. The Balaban J connectivity index is 1.98. The molecule has 0 aliphatic heterocycles. The van der Waals surface area contributed by atoms with Crippen molar-refractivity contribution in [1.29, 1.82) is 0 Å². The maximum absolute atomic E-state index is 13.8. The Morgan fingerprint density at radius 1 is 1.30 bits per heavy atom. The Kier molecular flexibility index (Phi) is 7.16. The van der Waals surface area contributed by atoms with E-state index in [-0.39, 0.29) is 33.2 Å². The second-order valence-electron chi connectivity index (χ2n) is 8.19. The lowest BCUT2D eigenvalue weighted by Gasteiger charge is -2.20. The van der Waals surface area contributed by atoms with Gasteiger partial charge in [0.05, 0.1) is 34.4 Å². The molecule has 192 valence electrons. The van der Waals surface area contributed by atoms with Gasteiger partial charge in [-0.05, 0) is 37.6 Å². The third-order valence-electron chi connectivity index (χ3n) is 5.53. The summed E-state index contributed by atoms with van der Waals surface area (Å²) < 4.78 is 35.5. The molecular formula is C24H23ClN6O5S. The van der Waals surface area contributed by atoms with Crippen LogP contribution in [0, 0.1) is 6.92 Å². The van der Waals surface area contributed by atoms with Gasteiger partial charge >= 0.3 is 0 Å². The molecule has 0 spiro atoms. The zero-order chi connectivity index (χ0) is 26.9. The van der Waals surface area contributed by atoms with Crippen LogP contribution in [0.1, 0.15) is 29.9 Å². The molecule has 4 rings (SSSR count). The minimum absolute atomic E-state index is 0.0289. The van der Waals surface area contributed by atoms with E-state index in [1.54, 1.807) is 20.0 Å². The highest BCUT2D eigenvalue weighted by atomic mass is 35.5. The molecule has 37 heavy (non-hydrogen) atoms. The maximum atomic E-state index is 13.8. The van der Waals surface area contributed by atoms with Crippen LogP contribution in [-0.2, 0) is 10.0 Å². The molecule has 0 saturated carbocycles. The molecule has 3 aromatic heterocycles. The molecule has 0 bridgehead atoms. The number of aliphatic imine (C=N–C) groups is 1. The van der Waals surface area contributed by atoms with E-state index in [9.17, 15) is 13.2 Å². The van der Waals surface area contributed by atoms with E-state index in [1.807, 2.05) is 13.0 Å². The third-order valence-corrected chi connectivity index (χ3v) is 6.59. The zero-order valence-corrected chi connectivity index (χ0v) is 21.6. The van der Waals surface area contributed by atoms with Crippen LogP contribution in [0.4, 0.5) is 5.69 Å². The van der Waals surface area contributed by atoms with Gasteiger partial charge in [-0.15, -0.1) is 0 Å². The normalized spacial score (nSPS) is 13.4. The van der Waals surface area contributed by atoms with Gasteiger partial charge in [0.2, 0.25) is 5.43 Å². The van der Waals surface area contributed by atoms with Crippen molar-refractivity contribution in [2.24, 2.45) is 15.9 Å². The van der Waals surface area contributed by atoms with E-state index in [4.69, 9.17) is 31.4 Å². The Bertz CT molecular complexity index is 1710. The van der Waals surface area contributed by atoms with Crippen LogP contribution in [0.5, 0.6) is 0 Å². The summed E-state index contributed by atoms with van der Waals surface area (Å²) in [5.41, 5.74) is 8.26. The highest BCUT2D eigenvalue weighted by molar-refractivity contribution is 7.89. The monoisotopic (exact) mass is 542 g/mol. The number of primary sulfonamides is 1. The number of aromatic nitrogens is 2.